The molecule has 1 unspecified atom stereocenters. The summed E-state index contributed by atoms with van der Waals surface area (Å²) in [6.45, 7) is 1.77. The largest absolute Gasteiger partial charge is 0.481 e. The normalized spacial score (nSPS) is 23.6. The molecule has 0 heterocycles. The molecule has 1 N–H and O–H groups in total. The molecule has 1 aliphatic rings. The third-order valence-corrected chi connectivity index (χ3v) is 2.63. The van der Waals surface area contributed by atoms with Crippen LogP contribution < -0.4 is 0 Å². The first kappa shape index (κ1) is 10.4. The first-order chi connectivity index (χ1) is 5.94. The first-order valence-corrected chi connectivity index (χ1v) is 4.55. The highest BCUT2D eigenvalue weighted by molar-refractivity contribution is 5.69. The van der Waals surface area contributed by atoms with Gasteiger partial charge in [0.05, 0.1) is 5.92 Å². The Morgan fingerprint density at radius 1 is 1.62 bits per heavy atom. The second-order valence-corrected chi connectivity index (χ2v) is 3.81. The van der Waals surface area contributed by atoms with Crippen molar-refractivity contribution in [1.29, 1.82) is 0 Å². The van der Waals surface area contributed by atoms with Crippen molar-refractivity contribution in [2.45, 2.75) is 38.5 Å². The van der Waals surface area contributed by atoms with E-state index < -0.39 is 17.8 Å². The van der Waals surface area contributed by atoms with E-state index in [9.17, 15) is 13.6 Å². The minimum Gasteiger partial charge on any atom is -0.481 e. The van der Waals surface area contributed by atoms with Gasteiger partial charge in [0, 0.05) is 12.8 Å². The van der Waals surface area contributed by atoms with Crippen LogP contribution in [-0.2, 0) is 4.79 Å². The van der Waals surface area contributed by atoms with Gasteiger partial charge < -0.3 is 5.11 Å². The lowest BCUT2D eigenvalue weighted by Crippen LogP contribution is -2.37. The van der Waals surface area contributed by atoms with Gasteiger partial charge in [-0.2, -0.15) is 0 Å². The van der Waals surface area contributed by atoms with Crippen LogP contribution in [-0.4, -0.2) is 17.0 Å². The Morgan fingerprint density at radius 2 is 2.15 bits per heavy atom. The number of carbonyl (C=O) groups is 1. The van der Waals surface area contributed by atoms with Crippen molar-refractivity contribution in [3.05, 3.63) is 0 Å². The molecule has 0 aromatic heterocycles. The lowest BCUT2D eigenvalue weighted by Gasteiger charge is -2.36. The van der Waals surface area contributed by atoms with E-state index in [1.54, 1.807) is 6.92 Å². The van der Waals surface area contributed by atoms with Crippen molar-refractivity contribution in [3.63, 3.8) is 0 Å². The van der Waals surface area contributed by atoms with Gasteiger partial charge in [0.15, 0.2) is 0 Å². The first-order valence-electron chi connectivity index (χ1n) is 4.55. The number of aliphatic carboxylic acids is 1. The lowest BCUT2D eigenvalue weighted by molar-refractivity contribution is -0.147. The zero-order valence-electron chi connectivity index (χ0n) is 7.59. The van der Waals surface area contributed by atoms with E-state index in [4.69, 9.17) is 5.11 Å². The number of carboxylic acids is 1. The predicted molar refractivity (Wildman–Crippen MR) is 43.7 cm³/mol. The molecule has 1 aliphatic carbocycles. The van der Waals surface area contributed by atoms with E-state index >= 15 is 0 Å². The molecule has 76 valence electrons. The average molecular weight is 192 g/mol. The molecular formula is C9H14F2O2. The number of rotatable bonds is 4. The van der Waals surface area contributed by atoms with Crippen LogP contribution in [0.3, 0.4) is 0 Å². The molecule has 0 spiro atoms. The Hall–Kier alpha value is -0.670. The summed E-state index contributed by atoms with van der Waals surface area (Å²) in [7, 11) is 0. The highest BCUT2D eigenvalue weighted by Crippen LogP contribution is 2.45. The zero-order valence-corrected chi connectivity index (χ0v) is 7.59. The summed E-state index contributed by atoms with van der Waals surface area (Å²) in [5.74, 6) is -3.92. The van der Waals surface area contributed by atoms with Gasteiger partial charge in [-0.1, -0.05) is 6.92 Å². The summed E-state index contributed by atoms with van der Waals surface area (Å²) in [5, 5.41) is 8.68. The predicted octanol–water partition coefficient (Wildman–Crippen LogP) is 2.53. The molecule has 13 heavy (non-hydrogen) atoms. The van der Waals surface area contributed by atoms with Crippen LogP contribution in [0.4, 0.5) is 8.78 Å². The monoisotopic (exact) mass is 192 g/mol. The molecule has 0 saturated heterocycles. The summed E-state index contributed by atoms with van der Waals surface area (Å²) in [6.07, 6.45) is 0.673. The van der Waals surface area contributed by atoms with Crippen molar-refractivity contribution in [2.24, 2.45) is 11.8 Å². The van der Waals surface area contributed by atoms with Crippen molar-refractivity contribution < 1.29 is 18.7 Å². The van der Waals surface area contributed by atoms with E-state index in [1.807, 2.05) is 0 Å². The van der Waals surface area contributed by atoms with Gasteiger partial charge in [-0.25, -0.2) is 8.78 Å². The summed E-state index contributed by atoms with van der Waals surface area (Å²) < 4.78 is 24.8. The Kier molecular flexibility index (Phi) is 2.88. The molecule has 1 atom stereocenters. The smallest absolute Gasteiger partial charge is 0.306 e. The molecule has 0 aliphatic heterocycles. The number of alkyl halides is 2. The van der Waals surface area contributed by atoms with Crippen molar-refractivity contribution in [1.82, 2.24) is 0 Å². The lowest BCUT2D eigenvalue weighted by atomic mass is 9.75. The maximum absolute atomic E-state index is 12.4. The third kappa shape index (κ3) is 2.64. The Morgan fingerprint density at radius 3 is 2.46 bits per heavy atom. The fraction of sp³-hybridized carbons (Fsp3) is 0.889. The quantitative estimate of drug-likeness (QED) is 0.743. The molecule has 0 aromatic rings. The van der Waals surface area contributed by atoms with E-state index in [0.717, 1.165) is 0 Å². The van der Waals surface area contributed by atoms with Crippen LogP contribution in [0.5, 0.6) is 0 Å². The average Bonchev–Trinajstić information content (AvgIpc) is 1.95. The maximum atomic E-state index is 12.4. The van der Waals surface area contributed by atoms with Crippen LogP contribution >= 0.6 is 0 Å². The summed E-state index contributed by atoms with van der Waals surface area (Å²) >= 11 is 0. The minimum atomic E-state index is -2.53. The third-order valence-electron chi connectivity index (χ3n) is 2.63. The van der Waals surface area contributed by atoms with Crippen LogP contribution in [0, 0.1) is 11.8 Å². The molecule has 0 bridgehead atoms. The van der Waals surface area contributed by atoms with Crippen LogP contribution in [0.15, 0.2) is 0 Å². The molecule has 0 aromatic carbocycles. The molecule has 2 nitrogen and oxygen atoms in total. The molecule has 4 heteroatoms. The standard InChI is InChI=1S/C9H14F2O2/c1-2-7(8(12)13)3-6-4-9(10,11)5-6/h6-7H,2-5H2,1H3,(H,12,13). The number of carboxylic acid groups (broad SMARTS) is 1. The summed E-state index contributed by atoms with van der Waals surface area (Å²) in [5.41, 5.74) is 0. The molecule has 1 fully saturated rings. The maximum Gasteiger partial charge on any atom is 0.306 e. The van der Waals surface area contributed by atoms with Crippen LogP contribution in [0.1, 0.15) is 32.6 Å². The molecule has 1 saturated carbocycles. The fourth-order valence-electron chi connectivity index (χ4n) is 1.80. The van der Waals surface area contributed by atoms with E-state index in [0.29, 0.717) is 12.8 Å². The van der Waals surface area contributed by atoms with Gasteiger partial charge in [0.2, 0.25) is 5.92 Å². The molecular weight excluding hydrogens is 178 g/mol. The molecule has 1 rings (SSSR count). The Balaban J connectivity index is 2.30. The number of halogens is 2. The second kappa shape index (κ2) is 3.60. The second-order valence-electron chi connectivity index (χ2n) is 3.81. The van der Waals surface area contributed by atoms with E-state index in [1.165, 1.54) is 0 Å². The zero-order chi connectivity index (χ0) is 10.1. The van der Waals surface area contributed by atoms with Crippen LogP contribution in [0.2, 0.25) is 0 Å². The fourth-order valence-corrected chi connectivity index (χ4v) is 1.80. The highest BCUT2D eigenvalue weighted by Gasteiger charge is 2.45. The molecule has 0 radical (unpaired) electrons. The molecule has 0 amide bonds. The highest BCUT2D eigenvalue weighted by atomic mass is 19.3. The van der Waals surface area contributed by atoms with Crippen LogP contribution in [0.25, 0.3) is 0 Å². The minimum absolute atomic E-state index is 0.0870. The summed E-state index contributed by atoms with van der Waals surface area (Å²) in [6, 6.07) is 0. The SMILES string of the molecule is CCC(CC1CC(F)(F)C1)C(=O)O. The van der Waals surface area contributed by atoms with Crippen molar-refractivity contribution in [2.75, 3.05) is 0 Å². The van der Waals surface area contributed by atoms with Crippen molar-refractivity contribution >= 4 is 5.97 Å². The van der Waals surface area contributed by atoms with Gasteiger partial charge >= 0.3 is 5.97 Å². The van der Waals surface area contributed by atoms with Gasteiger partial charge in [-0.3, -0.25) is 4.79 Å². The number of hydrogen-bond donors (Lipinski definition) is 1. The van der Waals surface area contributed by atoms with E-state index in [-0.39, 0.29) is 18.8 Å². The topological polar surface area (TPSA) is 37.3 Å². The van der Waals surface area contributed by atoms with Crippen molar-refractivity contribution in [3.8, 4) is 0 Å². The Labute approximate surface area is 75.9 Å². The van der Waals surface area contributed by atoms with Gasteiger partial charge in [0.25, 0.3) is 0 Å². The van der Waals surface area contributed by atoms with E-state index in [2.05, 4.69) is 0 Å². The van der Waals surface area contributed by atoms with Gasteiger partial charge in [-0.05, 0) is 18.8 Å². The summed E-state index contributed by atoms with van der Waals surface area (Å²) in [4.78, 5) is 10.6. The number of hydrogen-bond acceptors (Lipinski definition) is 1. The Bertz CT molecular complexity index is 196. The van der Waals surface area contributed by atoms with Gasteiger partial charge in [0.1, 0.15) is 0 Å². The van der Waals surface area contributed by atoms with Gasteiger partial charge in [-0.15, -0.1) is 0 Å².